The Kier molecular flexibility index (Phi) is 3.47. The molecule has 2 aliphatic rings. The summed E-state index contributed by atoms with van der Waals surface area (Å²) in [7, 11) is 1.31. The second kappa shape index (κ2) is 5.16. The third-order valence-electron chi connectivity index (χ3n) is 3.77. The number of alkyl halides is 1. The average molecular weight is 294 g/mol. The Balaban J connectivity index is 1.81. The van der Waals surface area contributed by atoms with Crippen molar-refractivity contribution >= 4 is 11.7 Å². The highest BCUT2D eigenvalue weighted by atomic mass is 19.1. The largest absolute Gasteiger partial charge is 0.476 e. The van der Waals surface area contributed by atoms with Crippen LogP contribution in [0.3, 0.4) is 0 Å². The standard InChI is InChI=1S/C15H19FN2O3/c1-15(16)8-18(9-15)12-6-5-11(14(19)20-2)17-13(12)21-7-10-3-4-10/h5-6,10H,3-4,7-9H2,1-2H3. The van der Waals surface area contributed by atoms with Crippen LogP contribution in [0.15, 0.2) is 12.1 Å². The Hall–Kier alpha value is -1.85. The maximum absolute atomic E-state index is 13.7. The highest BCUT2D eigenvalue weighted by Crippen LogP contribution is 2.37. The van der Waals surface area contributed by atoms with Crippen LogP contribution in [-0.2, 0) is 4.74 Å². The van der Waals surface area contributed by atoms with E-state index in [1.807, 2.05) is 4.90 Å². The number of anilines is 1. The van der Waals surface area contributed by atoms with Gasteiger partial charge in [-0.15, -0.1) is 0 Å². The highest BCUT2D eigenvalue weighted by molar-refractivity contribution is 5.88. The molecule has 2 heterocycles. The molecule has 114 valence electrons. The Morgan fingerprint density at radius 3 is 2.76 bits per heavy atom. The molecule has 6 heteroatoms. The van der Waals surface area contributed by atoms with Gasteiger partial charge in [0.05, 0.1) is 26.8 Å². The van der Waals surface area contributed by atoms with E-state index in [0.29, 0.717) is 31.5 Å². The van der Waals surface area contributed by atoms with Crippen molar-refractivity contribution < 1.29 is 18.7 Å². The summed E-state index contributed by atoms with van der Waals surface area (Å²) in [6.45, 7) is 2.79. The molecule has 0 amide bonds. The molecule has 1 aliphatic carbocycles. The number of aromatic nitrogens is 1. The van der Waals surface area contributed by atoms with Crippen LogP contribution in [0.1, 0.15) is 30.3 Å². The molecule has 0 bridgehead atoms. The van der Waals surface area contributed by atoms with E-state index < -0.39 is 11.6 Å². The maximum atomic E-state index is 13.7. The van der Waals surface area contributed by atoms with E-state index in [2.05, 4.69) is 9.72 Å². The zero-order chi connectivity index (χ0) is 15.0. The van der Waals surface area contributed by atoms with Crippen LogP contribution in [0.25, 0.3) is 0 Å². The van der Waals surface area contributed by atoms with Crippen molar-refractivity contribution in [2.75, 3.05) is 31.7 Å². The lowest BCUT2D eigenvalue weighted by Crippen LogP contribution is -2.57. The van der Waals surface area contributed by atoms with E-state index in [-0.39, 0.29) is 5.69 Å². The van der Waals surface area contributed by atoms with Crippen LogP contribution in [0.5, 0.6) is 5.88 Å². The van der Waals surface area contributed by atoms with Crippen LogP contribution in [0.2, 0.25) is 0 Å². The van der Waals surface area contributed by atoms with E-state index in [1.54, 1.807) is 19.1 Å². The van der Waals surface area contributed by atoms with Crippen molar-refractivity contribution in [2.45, 2.75) is 25.4 Å². The van der Waals surface area contributed by atoms with Gasteiger partial charge in [-0.3, -0.25) is 0 Å². The van der Waals surface area contributed by atoms with Crippen LogP contribution in [0, 0.1) is 5.92 Å². The number of methoxy groups -OCH3 is 1. The van der Waals surface area contributed by atoms with Gasteiger partial charge in [-0.25, -0.2) is 14.2 Å². The van der Waals surface area contributed by atoms with Gasteiger partial charge in [0, 0.05) is 0 Å². The van der Waals surface area contributed by atoms with Gasteiger partial charge in [-0.1, -0.05) is 0 Å². The van der Waals surface area contributed by atoms with Crippen LogP contribution in [-0.4, -0.2) is 43.4 Å². The number of esters is 1. The van der Waals surface area contributed by atoms with Crippen LogP contribution >= 0.6 is 0 Å². The lowest BCUT2D eigenvalue weighted by atomic mass is 9.98. The molecule has 0 spiro atoms. The van der Waals surface area contributed by atoms with Gasteiger partial charge in [0.2, 0.25) is 5.88 Å². The first-order chi connectivity index (χ1) is 9.98. The average Bonchev–Trinajstić information content (AvgIpc) is 3.25. The van der Waals surface area contributed by atoms with Gasteiger partial charge in [-0.2, -0.15) is 0 Å². The molecule has 1 aromatic heterocycles. The van der Waals surface area contributed by atoms with E-state index in [0.717, 1.165) is 18.5 Å². The normalized spacial score (nSPS) is 19.9. The Labute approximate surface area is 123 Å². The summed E-state index contributed by atoms with van der Waals surface area (Å²) in [6, 6.07) is 3.33. The van der Waals surface area contributed by atoms with Crippen molar-refractivity contribution in [3.8, 4) is 5.88 Å². The SMILES string of the molecule is COC(=O)c1ccc(N2CC(C)(F)C2)c(OCC2CC2)n1. The third-order valence-corrected chi connectivity index (χ3v) is 3.77. The second-order valence-electron chi connectivity index (χ2n) is 6.04. The first-order valence-electron chi connectivity index (χ1n) is 7.14. The van der Waals surface area contributed by atoms with Gasteiger partial charge in [-0.05, 0) is 37.8 Å². The lowest BCUT2D eigenvalue weighted by molar-refractivity contribution is 0.0592. The van der Waals surface area contributed by atoms with Gasteiger partial charge in [0.25, 0.3) is 0 Å². The third kappa shape index (κ3) is 3.09. The molecular formula is C15H19FN2O3. The maximum Gasteiger partial charge on any atom is 0.356 e. The molecule has 0 unspecified atom stereocenters. The number of halogens is 1. The molecule has 1 aliphatic heterocycles. The summed E-state index contributed by atoms with van der Waals surface area (Å²) in [5.41, 5.74) is -0.233. The molecule has 21 heavy (non-hydrogen) atoms. The molecule has 2 fully saturated rings. The molecule has 1 saturated heterocycles. The number of nitrogens with zero attached hydrogens (tertiary/aromatic N) is 2. The fourth-order valence-electron chi connectivity index (χ4n) is 2.40. The smallest absolute Gasteiger partial charge is 0.356 e. The molecule has 1 aromatic rings. The Morgan fingerprint density at radius 2 is 2.19 bits per heavy atom. The number of pyridine rings is 1. The zero-order valence-corrected chi connectivity index (χ0v) is 12.3. The predicted octanol–water partition coefficient (Wildman–Crippen LogP) is 2.21. The minimum absolute atomic E-state index is 0.204. The zero-order valence-electron chi connectivity index (χ0n) is 12.3. The number of ether oxygens (including phenoxy) is 2. The quantitative estimate of drug-likeness (QED) is 0.779. The van der Waals surface area contributed by atoms with Crippen molar-refractivity contribution in [2.24, 2.45) is 5.92 Å². The van der Waals surface area contributed by atoms with Crippen LogP contribution in [0.4, 0.5) is 10.1 Å². The minimum Gasteiger partial charge on any atom is -0.476 e. The van der Waals surface area contributed by atoms with Crippen molar-refractivity contribution in [1.82, 2.24) is 4.98 Å². The summed E-state index contributed by atoms with van der Waals surface area (Å²) in [5, 5.41) is 0. The van der Waals surface area contributed by atoms with Crippen molar-refractivity contribution in [3.63, 3.8) is 0 Å². The topological polar surface area (TPSA) is 51.7 Å². The van der Waals surface area contributed by atoms with Gasteiger partial charge in [0.1, 0.15) is 11.4 Å². The fraction of sp³-hybridized carbons (Fsp3) is 0.600. The fourth-order valence-corrected chi connectivity index (χ4v) is 2.40. The second-order valence-corrected chi connectivity index (χ2v) is 6.04. The Morgan fingerprint density at radius 1 is 1.48 bits per heavy atom. The minimum atomic E-state index is -1.17. The molecular weight excluding hydrogens is 275 g/mol. The first-order valence-corrected chi connectivity index (χ1v) is 7.14. The number of rotatable bonds is 5. The molecule has 0 aromatic carbocycles. The molecule has 1 saturated carbocycles. The van der Waals surface area contributed by atoms with E-state index >= 15 is 0 Å². The summed E-state index contributed by atoms with van der Waals surface area (Å²) in [5.74, 6) is 0.460. The summed E-state index contributed by atoms with van der Waals surface area (Å²) in [6.07, 6.45) is 2.33. The molecule has 0 radical (unpaired) electrons. The van der Waals surface area contributed by atoms with E-state index in [1.165, 1.54) is 7.11 Å². The van der Waals surface area contributed by atoms with Crippen LogP contribution < -0.4 is 9.64 Å². The van der Waals surface area contributed by atoms with Gasteiger partial charge < -0.3 is 14.4 Å². The van der Waals surface area contributed by atoms with E-state index in [9.17, 15) is 9.18 Å². The van der Waals surface area contributed by atoms with Gasteiger partial charge >= 0.3 is 5.97 Å². The Bertz CT molecular complexity index is 550. The van der Waals surface area contributed by atoms with Crippen molar-refractivity contribution in [3.05, 3.63) is 17.8 Å². The summed E-state index contributed by atoms with van der Waals surface area (Å²) >= 11 is 0. The predicted molar refractivity (Wildman–Crippen MR) is 75.5 cm³/mol. The van der Waals surface area contributed by atoms with Crippen molar-refractivity contribution in [1.29, 1.82) is 0 Å². The molecule has 0 atom stereocenters. The highest BCUT2D eigenvalue weighted by Gasteiger charge is 2.40. The van der Waals surface area contributed by atoms with E-state index in [4.69, 9.17) is 4.74 Å². The first kappa shape index (κ1) is 14.1. The van der Waals surface area contributed by atoms with Gasteiger partial charge in [0.15, 0.2) is 5.69 Å². The summed E-state index contributed by atoms with van der Waals surface area (Å²) < 4.78 is 24.1. The molecule has 3 rings (SSSR count). The molecule has 0 N–H and O–H groups in total. The number of carbonyl (C=O) groups is 1. The summed E-state index contributed by atoms with van der Waals surface area (Å²) in [4.78, 5) is 17.7. The molecule has 5 nitrogen and oxygen atoms in total. The number of carbonyl (C=O) groups excluding carboxylic acids is 1. The number of hydrogen-bond donors (Lipinski definition) is 0. The number of hydrogen-bond acceptors (Lipinski definition) is 5. The monoisotopic (exact) mass is 294 g/mol. The lowest BCUT2D eigenvalue weighted by Gasteiger charge is -2.43.